The molecule has 0 spiro atoms. The molecule has 29 heavy (non-hydrogen) atoms. The summed E-state index contributed by atoms with van der Waals surface area (Å²) in [6.45, 7) is 5.62. The molecule has 8 nitrogen and oxygen atoms in total. The van der Waals surface area contributed by atoms with E-state index in [2.05, 4.69) is 26.8 Å². The van der Waals surface area contributed by atoms with E-state index in [0.29, 0.717) is 28.9 Å². The summed E-state index contributed by atoms with van der Waals surface area (Å²) in [6, 6.07) is 7.24. The van der Waals surface area contributed by atoms with Gasteiger partial charge in [-0.3, -0.25) is 9.59 Å². The van der Waals surface area contributed by atoms with Gasteiger partial charge < -0.3 is 10.6 Å². The average molecular weight is 390 g/mol. The van der Waals surface area contributed by atoms with E-state index in [0.717, 1.165) is 22.5 Å². The van der Waals surface area contributed by atoms with Crippen LogP contribution in [-0.4, -0.2) is 33.5 Å². The van der Waals surface area contributed by atoms with Gasteiger partial charge in [-0.15, -0.1) is 0 Å². The number of fused-ring (bicyclic) bond motifs is 1. The van der Waals surface area contributed by atoms with Crippen molar-refractivity contribution in [3.63, 3.8) is 0 Å². The number of hydrogen-bond acceptors (Lipinski definition) is 5. The minimum atomic E-state index is -0.169. The van der Waals surface area contributed by atoms with Crippen molar-refractivity contribution in [2.45, 2.75) is 33.6 Å². The van der Waals surface area contributed by atoms with Crippen LogP contribution < -0.4 is 10.6 Å². The Morgan fingerprint density at radius 3 is 2.66 bits per heavy atom. The summed E-state index contributed by atoms with van der Waals surface area (Å²) in [6.07, 6.45) is 2.28. The number of aryl methyl sites for hydroxylation is 3. The molecule has 2 heterocycles. The number of anilines is 1. The first-order valence-corrected chi connectivity index (χ1v) is 9.22. The predicted octanol–water partition coefficient (Wildman–Crippen LogP) is 2.46. The number of aromatic nitrogens is 3. The third kappa shape index (κ3) is 3.94. The van der Waals surface area contributed by atoms with Crippen molar-refractivity contribution in [2.24, 2.45) is 0 Å². The van der Waals surface area contributed by atoms with Crippen LogP contribution in [0, 0.1) is 32.1 Å². The van der Waals surface area contributed by atoms with Crippen LogP contribution in [-0.2, 0) is 11.2 Å². The monoisotopic (exact) mass is 390 g/mol. The van der Waals surface area contributed by atoms with Crippen molar-refractivity contribution in [3.8, 4) is 6.07 Å². The molecule has 2 amide bonds. The largest absolute Gasteiger partial charge is 0.355 e. The van der Waals surface area contributed by atoms with E-state index in [-0.39, 0.29) is 18.2 Å². The van der Waals surface area contributed by atoms with Crippen molar-refractivity contribution < 1.29 is 9.59 Å². The van der Waals surface area contributed by atoms with Gasteiger partial charge in [-0.25, -0.2) is 9.50 Å². The third-order valence-electron chi connectivity index (χ3n) is 4.92. The smallest absolute Gasteiger partial charge is 0.251 e. The summed E-state index contributed by atoms with van der Waals surface area (Å²) in [4.78, 5) is 28.7. The molecule has 8 heteroatoms. The van der Waals surface area contributed by atoms with Crippen molar-refractivity contribution in [1.82, 2.24) is 19.9 Å². The van der Waals surface area contributed by atoms with E-state index in [1.165, 1.54) is 6.20 Å². The summed E-state index contributed by atoms with van der Waals surface area (Å²) < 4.78 is 1.64. The molecule has 0 aliphatic heterocycles. The lowest BCUT2D eigenvalue weighted by molar-refractivity contribution is -0.116. The highest BCUT2D eigenvalue weighted by Crippen LogP contribution is 2.20. The SMILES string of the molecule is CNC(=O)c1ccc(NC(=O)CCc2c(C)nc3c(C#N)cnn3c2C)c(C)c1. The van der Waals surface area contributed by atoms with Gasteiger partial charge in [0.25, 0.3) is 5.91 Å². The summed E-state index contributed by atoms with van der Waals surface area (Å²) in [5.74, 6) is -0.295. The minimum absolute atomic E-state index is 0.127. The fraction of sp³-hybridized carbons (Fsp3) is 0.286. The first kappa shape index (κ1) is 20.0. The summed E-state index contributed by atoms with van der Waals surface area (Å²) in [7, 11) is 1.58. The molecule has 0 saturated heterocycles. The zero-order valence-electron chi connectivity index (χ0n) is 16.8. The Kier molecular flexibility index (Phi) is 5.59. The highest BCUT2D eigenvalue weighted by atomic mass is 16.2. The second kappa shape index (κ2) is 8.10. The van der Waals surface area contributed by atoms with Gasteiger partial charge in [0.05, 0.1) is 6.20 Å². The Morgan fingerprint density at radius 2 is 2.00 bits per heavy atom. The van der Waals surface area contributed by atoms with E-state index >= 15 is 0 Å². The van der Waals surface area contributed by atoms with E-state index in [1.54, 1.807) is 29.8 Å². The number of hydrogen-bond donors (Lipinski definition) is 2. The van der Waals surface area contributed by atoms with Crippen LogP contribution in [0.5, 0.6) is 0 Å². The second-order valence-electron chi connectivity index (χ2n) is 6.82. The molecule has 3 rings (SSSR count). The second-order valence-corrected chi connectivity index (χ2v) is 6.82. The first-order chi connectivity index (χ1) is 13.8. The molecular formula is C21H22N6O2. The Morgan fingerprint density at radius 1 is 1.24 bits per heavy atom. The average Bonchev–Trinajstić information content (AvgIpc) is 3.11. The summed E-state index contributed by atoms with van der Waals surface area (Å²) >= 11 is 0. The first-order valence-electron chi connectivity index (χ1n) is 9.22. The number of nitrogens with one attached hydrogen (secondary N) is 2. The van der Waals surface area contributed by atoms with Crippen LogP contribution in [0.15, 0.2) is 24.4 Å². The topological polar surface area (TPSA) is 112 Å². The zero-order chi connectivity index (χ0) is 21.1. The molecule has 2 N–H and O–H groups in total. The lowest BCUT2D eigenvalue weighted by atomic mass is 10.1. The predicted molar refractivity (Wildman–Crippen MR) is 109 cm³/mol. The molecule has 0 fully saturated rings. The molecule has 0 saturated carbocycles. The van der Waals surface area contributed by atoms with Crippen LogP contribution in [0.1, 0.15) is 44.9 Å². The molecule has 3 aromatic rings. The fourth-order valence-corrected chi connectivity index (χ4v) is 3.29. The van der Waals surface area contributed by atoms with E-state index in [9.17, 15) is 9.59 Å². The quantitative estimate of drug-likeness (QED) is 0.695. The Bertz CT molecular complexity index is 1160. The number of carbonyl (C=O) groups is 2. The number of benzene rings is 1. The van der Waals surface area contributed by atoms with Gasteiger partial charge in [-0.05, 0) is 56.5 Å². The molecule has 0 radical (unpaired) electrons. The van der Waals surface area contributed by atoms with Gasteiger partial charge >= 0.3 is 0 Å². The minimum Gasteiger partial charge on any atom is -0.355 e. The Labute approximate surface area is 168 Å². The normalized spacial score (nSPS) is 10.6. The van der Waals surface area contributed by atoms with Crippen LogP contribution in [0.3, 0.4) is 0 Å². The number of nitriles is 1. The molecule has 0 bridgehead atoms. The molecule has 148 valence electrons. The van der Waals surface area contributed by atoms with Crippen LogP contribution in [0.4, 0.5) is 5.69 Å². The maximum atomic E-state index is 12.5. The maximum absolute atomic E-state index is 12.5. The molecule has 1 aromatic carbocycles. The zero-order valence-corrected chi connectivity index (χ0v) is 16.8. The van der Waals surface area contributed by atoms with Crippen LogP contribution >= 0.6 is 0 Å². The highest BCUT2D eigenvalue weighted by molar-refractivity contribution is 5.96. The van der Waals surface area contributed by atoms with E-state index < -0.39 is 0 Å². The summed E-state index contributed by atoms with van der Waals surface area (Å²) in [5, 5.41) is 18.9. The van der Waals surface area contributed by atoms with Crippen LogP contribution in [0.2, 0.25) is 0 Å². The van der Waals surface area contributed by atoms with E-state index in [4.69, 9.17) is 5.26 Å². The standard InChI is InChI=1S/C21H22N6O2/c1-12-9-15(21(29)23-4)5-7-18(12)26-19(28)8-6-17-13(2)25-20-16(10-22)11-24-27(20)14(17)3/h5,7,9,11H,6,8H2,1-4H3,(H,23,29)(H,26,28). The van der Waals surface area contributed by atoms with Crippen molar-refractivity contribution in [1.29, 1.82) is 5.26 Å². The fourth-order valence-electron chi connectivity index (χ4n) is 3.29. The number of amides is 2. The lowest BCUT2D eigenvalue weighted by Gasteiger charge is -2.12. The molecule has 2 aromatic heterocycles. The highest BCUT2D eigenvalue weighted by Gasteiger charge is 2.15. The van der Waals surface area contributed by atoms with Gasteiger partial charge in [0.2, 0.25) is 5.91 Å². The lowest BCUT2D eigenvalue weighted by Crippen LogP contribution is -2.18. The van der Waals surface area contributed by atoms with E-state index in [1.807, 2.05) is 20.8 Å². The van der Waals surface area contributed by atoms with Gasteiger partial charge in [0, 0.05) is 36.1 Å². The van der Waals surface area contributed by atoms with Crippen molar-refractivity contribution in [3.05, 3.63) is 58.0 Å². The number of nitrogens with zero attached hydrogens (tertiary/aromatic N) is 4. The number of carbonyl (C=O) groups excluding carboxylic acids is 2. The molecule has 0 unspecified atom stereocenters. The van der Waals surface area contributed by atoms with Crippen LogP contribution in [0.25, 0.3) is 5.65 Å². The molecule has 0 atom stereocenters. The van der Waals surface area contributed by atoms with Crippen molar-refractivity contribution in [2.75, 3.05) is 12.4 Å². The number of rotatable bonds is 5. The molecular weight excluding hydrogens is 368 g/mol. The summed E-state index contributed by atoms with van der Waals surface area (Å²) in [5.41, 5.74) is 5.58. The molecule has 0 aliphatic carbocycles. The maximum Gasteiger partial charge on any atom is 0.251 e. The van der Waals surface area contributed by atoms with Gasteiger partial charge in [-0.1, -0.05) is 0 Å². The van der Waals surface area contributed by atoms with Gasteiger partial charge in [0.1, 0.15) is 11.6 Å². The molecule has 0 aliphatic rings. The van der Waals surface area contributed by atoms with Gasteiger partial charge in [0.15, 0.2) is 5.65 Å². The Balaban J connectivity index is 1.73. The Hall–Kier alpha value is -3.73. The van der Waals surface area contributed by atoms with Gasteiger partial charge in [-0.2, -0.15) is 10.4 Å². The van der Waals surface area contributed by atoms with Crippen molar-refractivity contribution >= 4 is 23.1 Å². The third-order valence-corrected chi connectivity index (χ3v) is 4.92.